The first-order chi connectivity index (χ1) is 14.6. The van der Waals surface area contributed by atoms with Crippen LogP contribution in [0.5, 0.6) is 0 Å². The van der Waals surface area contributed by atoms with Gasteiger partial charge in [-0.1, -0.05) is 56.3 Å². The van der Waals surface area contributed by atoms with Crippen molar-refractivity contribution >= 4 is 16.8 Å². The van der Waals surface area contributed by atoms with E-state index in [4.69, 9.17) is 0 Å². The molecule has 0 aliphatic heterocycles. The zero-order valence-corrected chi connectivity index (χ0v) is 17.8. The van der Waals surface area contributed by atoms with Gasteiger partial charge in [0.05, 0.1) is 23.3 Å². The van der Waals surface area contributed by atoms with Crippen LogP contribution in [0.2, 0.25) is 0 Å². The van der Waals surface area contributed by atoms with Crippen LogP contribution >= 0.6 is 0 Å². The van der Waals surface area contributed by atoms with Crippen molar-refractivity contribution in [1.29, 1.82) is 0 Å². The molecular weight excluding hydrogens is 376 g/mol. The minimum absolute atomic E-state index is 0.00452. The highest BCUT2D eigenvalue weighted by molar-refractivity contribution is 5.77. The molecule has 0 bridgehead atoms. The third-order valence-corrected chi connectivity index (χ3v) is 5.46. The lowest BCUT2D eigenvalue weighted by atomic mass is 10.0. The van der Waals surface area contributed by atoms with E-state index in [0.717, 1.165) is 13.1 Å². The van der Waals surface area contributed by atoms with Gasteiger partial charge in [0.25, 0.3) is 5.56 Å². The SMILES string of the molecule is CCN(CC)C(CNC(=O)CCCn1cnc2ccccc2c1=O)c1ccccc1. The van der Waals surface area contributed by atoms with Crippen LogP contribution in [0.25, 0.3) is 10.9 Å². The molecule has 2 aromatic carbocycles. The predicted molar refractivity (Wildman–Crippen MR) is 120 cm³/mol. The van der Waals surface area contributed by atoms with Gasteiger partial charge in [0.15, 0.2) is 0 Å². The highest BCUT2D eigenvalue weighted by Gasteiger charge is 2.18. The van der Waals surface area contributed by atoms with Crippen molar-refractivity contribution in [3.05, 3.63) is 76.8 Å². The fourth-order valence-electron chi connectivity index (χ4n) is 3.77. The van der Waals surface area contributed by atoms with E-state index in [9.17, 15) is 9.59 Å². The summed E-state index contributed by atoms with van der Waals surface area (Å²) in [7, 11) is 0. The lowest BCUT2D eigenvalue weighted by Crippen LogP contribution is -2.38. The molecule has 1 heterocycles. The number of aromatic nitrogens is 2. The maximum absolute atomic E-state index is 12.5. The average Bonchev–Trinajstić information content (AvgIpc) is 2.79. The Hall–Kier alpha value is -2.99. The largest absolute Gasteiger partial charge is 0.354 e. The number of nitrogens with one attached hydrogen (secondary N) is 1. The Morgan fingerprint density at radius 1 is 1.07 bits per heavy atom. The monoisotopic (exact) mass is 406 g/mol. The second-order valence-electron chi connectivity index (χ2n) is 7.32. The minimum atomic E-state index is -0.0633. The van der Waals surface area contributed by atoms with Crippen LogP contribution in [-0.4, -0.2) is 40.0 Å². The van der Waals surface area contributed by atoms with E-state index in [1.807, 2.05) is 36.4 Å². The van der Waals surface area contributed by atoms with E-state index >= 15 is 0 Å². The second-order valence-corrected chi connectivity index (χ2v) is 7.32. The summed E-state index contributed by atoms with van der Waals surface area (Å²) < 4.78 is 1.58. The van der Waals surface area contributed by atoms with Gasteiger partial charge < -0.3 is 5.32 Å². The van der Waals surface area contributed by atoms with Gasteiger partial charge >= 0.3 is 0 Å². The van der Waals surface area contributed by atoms with Gasteiger partial charge in [-0.2, -0.15) is 0 Å². The molecule has 3 rings (SSSR count). The molecule has 1 amide bonds. The van der Waals surface area contributed by atoms with Crippen molar-refractivity contribution in [2.24, 2.45) is 0 Å². The maximum Gasteiger partial charge on any atom is 0.261 e. The van der Waals surface area contributed by atoms with Gasteiger partial charge in [-0.15, -0.1) is 0 Å². The number of benzene rings is 2. The van der Waals surface area contributed by atoms with Gasteiger partial charge in [0.2, 0.25) is 5.91 Å². The fourth-order valence-corrected chi connectivity index (χ4v) is 3.77. The third-order valence-electron chi connectivity index (χ3n) is 5.46. The molecular formula is C24H30N4O2. The van der Waals surface area contributed by atoms with Gasteiger partial charge in [0, 0.05) is 19.5 Å². The highest BCUT2D eigenvalue weighted by Crippen LogP contribution is 2.19. The van der Waals surface area contributed by atoms with E-state index < -0.39 is 0 Å². The lowest BCUT2D eigenvalue weighted by Gasteiger charge is -2.30. The van der Waals surface area contributed by atoms with Crippen LogP contribution in [0.3, 0.4) is 0 Å². The second kappa shape index (κ2) is 10.7. The summed E-state index contributed by atoms with van der Waals surface area (Å²) in [5.41, 5.74) is 1.84. The van der Waals surface area contributed by atoms with E-state index in [2.05, 4.69) is 41.2 Å². The van der Waals surface area contributed by atoms with E-state index in [1.165, 1.54) is 5.56 Å². The van der Waals surface area contributed by atoms with Crippen molar-refractivity contribution in [3.8, 4) is 0 Å². The van der Waals surface area contributed by atoms with Gasteiger partial charge in [-0.25, -0.2) is 4.98 Å². The first-order valence-electron chi connectivity index (χ1n) is 10.6. The minimum Gasteiger partial charge on any atom is -0.354 e. The van der Waals surface area contributed by atoms with Gasteiger partial charge in [-0.3, -0.25) is 19.1 Å². The summed E-state index contributed by atoms with van der Waals surface area (Å²) in [5, 5.41) is 3.68. The quantitative estimate of drug-likeness (QED) is 0.561. The lowest BCUT2D eigenvalue weighted by molar-refractivity contribution is -0.121. The maximum atomic E-state index is 12.5. The molecule has 6 nitrogen and oxygen atoms in total. The number of carbonyl (C=O) groups excluding carboxylic acids is 1. The number of para-hydroxylation sites is 1. The Morgan fingerprint density at radius 2 is 1.77 bits per heavy atom. The topological polar surface area (TPSA) is 67.2 Å². The zero-order chi connectivity index (χ0) is 21.3. The molecule has 0 aliphatic rings. The summed E-state index contributed by atoms with van der Waals surface area (Å²) in [6.07, 6.45) is 2.53. The number of hydrogen-bond donors (Lipinski definition) is 1. The number of likely N-dealkylation sites (N-methyl/N-ethyl adjacent to an activating group) is 1. The standard InChI is InChI=1S/C24H30N4O2/c1-3-27(4-2)22(19-11-6-5-7-12-19)17-25-23(29)15-10-16-28-18-26-21-14-9-8-13-20(21)24(28)30/h5-9,11-14,18,22H,3-4,10,15-17H2,1-2H3,(H,25,29). The van der Waals surface area contributed by atoms with Crippen LogP contribution in [0, 0.1) is 0 Å². The molecule has 1 N–H and O–H groups in total. The van der Waals surface area contributed by atoms with Crippen molar-refractivity contribution in [1.82, 2.24) is 19.8 Å². The molecule has 3 aromatic rings. The number of rotatable bonds is 10. The number of aryl methyl sites for hydroxylation is 1. The highest BCUT2D eigenvalue weighted by atomic mass is 16.1. The Balaban J connectivity index is 1.55. The molecule has 1 unspecified atom stereocenters. The van der Waals surface area contributed by atoms with Crippen molar-refractivity contribution < 1.29 is 4.79 Å². The first kappa shape index (κ1) is 21.7. The summed E-state index contributed by atoms with van der Waals surface area (Å²) in [6, 6.07) is 17.7. The molecule has 0 saturated carbocycles. The molecule has 6 heteroatoms. The molecule has 1 atom stereocenters. The summed E-state index contributed by atoms with van der Waals surface area (Å²) in [6.45, 7) is 7.16. The van der Waals surface area contributed by atoms with Gasteiger partial charge in [0.1, 0.15) is 0 Å². The molecule has 1 aromatic heterocycles. The molecule has 0 radical (unpaired) electrons. The van der Waals surface area contributed by atoms with Crippen LogP contribution in [0.15, 0.2) is 65.7 Å². The Morgan fingerprint density at radius 3 is 2.50 bits per heavy atom. The number of hydrogen-bond acceptors (Lipinski definition) is 4. The summed E-state index contributed by atoms with van der Waals surface area (Å²) >= 11 is 0. The molecule has 30 heavy (non-hydrogen) atoms. The molecule has 0 spiro atoms. The Labute approximate surface area is 177 Å². The van der Waals surface area contributed by atoms with Crippen molar-refractivity contribution in [2.45, 2.75) is 39.3 Å². The van der Waals surface area contributed by atoms with E-state index in [1.54, 1.807) is 17.0 Å². The van der Waals surface area contributed by atoms with Crippen LogP contribution in [-0.2, 0) is 11.3 Å². The average molecular weight is 407 g/mol. The Bertz CT molecular complexity index is 1010. The Kier molecular flexibility index (Phi) is 7.74. The number of nitrogens with zero attached hydrogens (tertiary/aromatic N) is 3. The molecule has 0 fully saturated rings. The van der Waals surface area contributed by atoms with Crippen LogP contribution in [0.1, 0.15) is 38.3 Å². The van der Waals surface area contributed by atoms with Gasteiger partial charge in [-0.05, 0) is 37.2 Å². The number of carbonyl (C=O) groups is 1. The first-order valence-corrected chi connectivity index (χ1v) is 10.6. The van der Waals surface area contributed by atoms with Crippen LogP contribution in [0.4, 0.5) is 0 Å². The number of amides is 1. The fraction of sp³-hybridized carbons (Fsp3) is 0.375. The molecule has 0 saturated heterocycles. The zero-order valence-electron chi connectivity index (χ0n) is 17.8. The van der Waals surface area contributed by atoms with Crippen LogP contribution < -0.4 is 10.9 Å². The third kappa shape index (κ3) is 5.33. The predicted octanol–water partition coefficient (Wildman–Crippen LogP) is 3.38. The summed E-state index contributed by atoms with van der Waals surface area (Å²) in [5.74, 6) is 0.00452. The molecule has 0 aliphatic carbocycles. The number of fused-ring (bicyclic) bond motifs is 1. The summed E-state index contributed by atoms with van der Waals surface area (Å²) in [4.78, 5) is 31.6. The van der Waals surface area contributed by atoms with Crippen molar-refractivity contribution in [3.63, 3.8) is 0 Å². The smallest absolute Gasteiger partial charge is 0.261 e. The van der Waals surface area contributed by atoms with E-state index in [0.29, 0.717) is 36.8 Å². The van der Waals surface area contributed by atoms with E-state index in [-0.39, 0.29) is 17.5 Å². The normalized spacial score (nSPS) is 12.2. The molecule has 158 valence electrons. The van der Waals surface area contributed by atoms with Crippen molar-refractivity contribution in [2.75, 3.05) is 19.6 Å².